The molecule has 2 aromatic rings. The lowest BCUT2D eigenvalue weighted by Crippen LogP contribution is -2.33. The Hall–Kier alpha value is -2.33. The van der Waals surface area contributed by atoms with Crippen LogP contribution in [0.1, 0.15) is 25.8 Å². The van der Waals surface area contributed by atoms with Gasteiger partial charge in [-0.3, -0.25) is 9.69 Å². The van der Waals surface area contributed by atoms with Crippen LogP contribution in [0.3, 0.4) is 0 Å². The van der Waals surface area contributed by atoms with E-state index in [1.54, 1.807) is 7.11 Å². The first-order valence-electron chi connectivity index (χ1n) is 8.31. The van der Waals surface area contributed by atoms with Gasteiger partial charge in [0.25, 0.3) is 0 Å². The van der Waals surface area contributed by atoms with Crippen molar-refractivity contribution >= 4 is 11.6 Å². The second-order valence-corrected chi connectivity index (χ2v) is 6.05. The van der Waals surface area contributed by atoms with E-state index in [1.165, 1.54) is 5.56 Å². The van der Waals surface area contributed by atoms with Gasteiger partial charge < -0.3 is 10.1 Å². The van der Waals surface area contributed by atoms with Crippen LogP contribution >= 0.6 is 0 Å². The summed E-state index contributed by atoms with van der Waals surface area (Å²) in [6.07, 6.45) is 0.447. The molecule has 0 unspecified atom stereocenters. The van der Waals surface area contributed by atoms with Crippen molar-refractivity contribution in [3.63, 3.8) is 0 Å². The third-order valence-electron chi connectivity index (χ3n) is 3.97. The fraction of sp³-hybridized carbons (Fsp3) is 0.350. The number of nitrogens with zero attached hydrogens (tertiary/aromatic N) is 1. The van der Waals surface area contributed by atoms with Crippen LogP contribution in [0.4, 0.5) is 5.69 Å². The van der Waals surface area contributed by atoms with Gasteiger partial charge in [0, 0.05) is 25.6 Å². The summed E-state index contributed by atoms with van der Waals surface area (Å²) in [5.41, 5.74) is 1.97. The number of carbonyl (C=O) groups excluding carboxylic acids is 1. The molecule has 0 saturated heterocycles. The Morgan fingerprint density at radius 1 is 1.08 bits per heavy atom. The molecule has 0 spiro atoms. The number of anilines is 1. The Labute approximate surface area is 144 Å². The van der Waals surface area contributed by atoms with Crippen molar-refractivity contribution in [1.29, 1.82) is 0 Å². The molecule has 2 rings (SSSR count). The molecular weight excluding hydrogens is 300 g/mol. The summed E-state index contributed by atoms with van der Waals surface area (Å²) in [4.78, 5) is 14.6. The van der Waals surface area contributed by atoms with Crippen molar-refractivity contribution in [2.24, 2.45) is 0 Å². The zero-order valence-corrected chi connectivity index (χ0v) is 14.7. The highest BCUT2D eigenvalue weighted by Crippen LogP contribution is 2.23. The molecule has 1 N–H and O–H groups in total. The number of ether oxygens (including phenoxy) is 1. The van der Waals surface area contributed by atoms with E-state index in [0.29, 0.717) is 30.4 Å². The molecule has 0 aliphatic heterocycles. The standard InChI is InChI=1S/C20H26N2O2/c1-16(2)22(15-17-9-5-4-6-10-17)14-13-20(23)21-18-11-7-8-12-19(18)24-3/h4-12,16H,13-15H2,1-3H3,(H,21,23). The van der Waals surface area contributed by atoms with Crippen molar-refractivity contribution in [2.45, 2.75) is 32.9 Å². The maximum Gasteiger partial charge on any atom is 0.225 e. The highest BCUT2D eigenvalue weighted by Gasteiger charge is 2.13. The van der Waals surface area contributed by atoms with E-state index in [1.807, 2.05) is 42.5 Å². The van der Waals surface area contributed by atoms with Gasteiger partial charge in [-0.25, -0.2) is 0 Å². The van der Waals surface area contributed by atoms with Gasteiger partial charge in [-0.2, -0.15) is 0 Å². The van der Waals surface area contributed by atoms with Crippen LogP contribution in [0.15, 0.2) is 54.6 Å². The summed E-state index contributed by atoms with van der Waals surface area (Å²) in [6, 6.07) is 18.2. The van der Waals surface area contributed by atoms with E-state index in [-0.39, 0.29) is 5.91 Å². The molecule has 2 aromatic carbocycles. The summed E-state index contributed by atoms with van der Waals surface area (Å²) in [5.74, 6) is 0.675. The Balaban J connectivity index is 1.90. The maximum absolute atomic E-state index is 12.3. The van der Waals surface area contributed by atoms with Crippen LogP contribution in [0.25, 0.3) is 0 Å². The van der Waals surface area contributed by atoms with Gasteiger partial charge in [-0.15, -0.1) is 0 Å². The zero-order chi connectivity index (χ0) is 17.4. The van der Waals surface area contributed by atoms with Crippen molar-refractivity contribution in [3.8, 4) is 5.75 Å². The van der Waals surface area contributed by atoms with Crippen LogP contribution in [-0.4, -0.2) is 30.5 Å². The lowest BCUT2D eigenvalue weighted by molar-refractivity contribution is -0.116. The first-order chi connectivity index (χ1) is 11.6. The van der Waals surface area contributed by atoms with Gasteiger partial charge in [0.15, 0.2) is 0 Å². The predicted molar refractivity (Wildman–Crippen MR) is 98.2 cm³/mol. The average molecular weight is 326 g/mol. The molecule has 128 valence electrons. The van der Waals surface area contributed by atoms with E-state index in [0.717, 1.165) is 6.54 Å². The fourth-order valence-corrected chi connectivity index (χ4v) is 2.54. The van der Waals surface area contributed by atoms with Gasteiger partial charge in [0.05, 0.1) is 12.8 Å². The van der Waals surface area contributed by atoms with Gasteiger partial charge >= 0.3 is 0 Å². The topological polar surface area (TPSA) is 41.6 Å². The number of carbonyl (C=O) groups is 1. The number of amides is 1. The largest absolute Gasteiger partial charge is 0.495 e. The van der Waals surface area contributed by atoms with E-state index >= 15 is 0 Å². The Morgan fingerprint density at radius 2 is 1.75 bits per heavy atom. The third kappa shape index (κ3) is 5.39. The molecule has 0 heterocycles. The lowest BCUT2D eigenvalue weighted by Gasteiger charge is -2.26. The smallest absolute Gasteiger partial charge is 0.225 e. The molecule has 0 saturated carbocycles. The van der Waals surface area contributed by atoms with E-state index in [9.17, 15) is 4.79 Å². The van der Waals surface area contributed by atoms with E-state index in [2.05, 4.69) is 36.2 Å². The Bertz CT molecular complexity index is 641. The molecule has 0 aliphatic rings. The second kappa shape index (κ2) is 9.08. The number of nitrogens with one attached hydrogen (secondary N) is 1. The van der Waals surface area contributed by atoms with Crippen molar-refractivity contribution in [2.75, 3.05) is 19.0 Å². The van der Waals surface area contributed by atoms with Gasteiger partial charge in [-0.05, 0) is 31.5 Å². The van der Waals surface area contributed by atoms with Crippen molar-refractivity contribution in [3.05, 3.63) is 60.2 Å². The number of rotatable bonds is 8. The van der Waals surface area contributed by atoms with Gasteiger partial charge in [-0.1, -0.05) is 42.5 Å². The second-order valence-electron chi connectivity index (χ2n) is 6.05. The SMILES string of the molecule is COc1ccccc1NC(=O)CCN(Cc1ccccc1)C(C)C. The number of hydrogen-bond donors (Lipinski definition) is 1. The lowest BCUT2D eigenvalue weighted by atomic mass is 10.2. The van der Waals surface area contributed by atoms with Crippen molar-refractivity contribution in [1.82, 2.24) is 4.90 Å². The summed E-state index contributed by atoms with van der Waals surface area (Å²) in [7, 11) is 1.60. The van der Waals surface area contributed by atoms with Crippen LogP contribution < -0.4 is 10.1 Å². The predicted octanol–water partition coefficient (Wildman–Crippen LogP) is 3.93. The minimum absolute atomic E-state index is 0.00166. The van der Waals surface area contributed by atoms with Crippen LogP contribution in [0.2, 0.25) is 0 Å². The quantitative estimate of drug-likeness (QED) is 0.799. The molecule has 0 bridgehead atoms. The number of methoxy groups -OCH3 is 1. The first-order valence-corrected chi connectivity index (χ1v) is 8.31. The average Bonchev–Trinajstić information content (AvgIpc) is 2.59. The molecule has 0 radical (unpaired) electrons. The molecule has 0 aliphatic carbocycles. The molecule has 0 aromatic heterocycles. The first kappa shape index (κ1) is 18.0. The van der Waals surface area contributed by atoms with Crippen LogP contribution in [-0.2, 0) is 11.3 Å². The molecule has 24 heavy (non-hydrogen) atoms. The zero-order valence-electron chi connectivity index (χ0n) is 14.7. The summed E-state index contributed by atoms with van der Waals surface area (Å²) in [5, 5.41) is 2.93. The minimum atomic E-state index is -0.00166. The van der Waals surface area contributed by atoms with Crippen molar-refractivity contribution < 1.29 is 9.53 Å². The molecule has 4 heteroatoms. The normalized spacial score (nSPS) is 10.9. The number of benzene rings is 2. The third-order valence-corrected chi connectivity index (χ3v) is 3.97. The maximum atomic E-state index is 12.3. The molecule has 4 nitrogen and oxygen atoms in total. The summed E-state index contributed by atoms with van der Waals surface area (Å²) < 4.78 is 5.26. The number of para-hydroxylation sites is 2. The summed E-state index contributed by atoms with van der Waals surface area (Å²) >= 11 is 0. The van der Waals surface area contributed by atoms with Gasteiger partial charge in [0.1, 0.15) is 5.75 Å². The molecular formula is C20H26N2O2. The highest BCUT2D eigenvalue weighted by atomic mass is 16.5. The molecule has 1 amide bonds. The molecule has 0 atom stereocenters. The minimum Gasteiger partial charge on any atom is -0.495 e. The van der Waals surface area contributed by atoms with E-state index in [4.69, 9.17) is 4.74 Å². The Morgan fingerprint density at radius 3 is 2.42 bits per heavy atom. The highest BCUT2D eigenvalue weighted by molar-refractivity contribution is 5.92. The van der Waals surface area contributed by atoms with Crippen LogP contribution in [0, 0.1) is 0 Å². The number of hydrogen-bond acceptors (Lipinski definition) is 3. The summed E-state index contributed by atoms with van der Waals surface area (Å²) in [6.45, 7) is 5.87. The fourth-order valence-electron chi connectivity index (χ4n) is 2.54. The monoisotopic (exact) mass is 326 g/mol. The molecule has 0 fully saturated rings. The Kier molecular flexibility index (Phi) is 6.82. The van der Waals surface area contributed by atoms with Gasteiger partial charge in [0.2, 0.25) is 5.91 Å². The van der Waals surface area contributed by atoms with E-state index < -0.39 is 0 Å². The van der Waals surface area contributed by atoms with Crippen LogP contribution in [0.5, 0.6) is 5.75 Å².